The molecule has 116 valence electrons. The monoisotopic (exact) mass is 327 g/mol. The van der Waals surface area contributed by atoms with Gasteiger partial charge in [0.1, 0.15) is 11.5 Å². The van der Waals surface area contributed by atoms with E-state index in [4.69, 9.17) is 9.29 Å². The Balaban J connectivity index is 1.76. The third kappa shape index (κ3) is 3.74. The lowest BCUT2D eigenvalue weighted by Gasteiger charge is -2.07. The third-order valence-electron chi connectivity index (χ3n) is 3.21. The molecule has 0 radical (unpaired) electrons. The predicted octanol–water partition coefficient (Wildman–Crippen LogP) is 3.79. The average molecular weight is 327 g/mol. The van der Waals surface area contributed by atoms with Crippen molar-refractivity contribution in [3.05, 3.63) is 73.1 Å². The lowest BCUT2D eigenvalue weighted by molar-refractivity contribution is 0.478. The number of aromatic nitrogens is 1. The van der Waals surface area contributed by atoms with E-state index < -0.39 is 10.1 Å². The van der Waals surface area contributed by atoms with Crippen LogP contribution in [-0.2, 0) is 10.1 Å². The van der Waals surface area contributed by atoms with Crippen LogP contribution in [0, 0.1) is 0 Å². The fourth-order valence-electron chi connectivity index (χ4n) is 2.06. The molecule has 6 heteroatoms. The Morgan fingerprint density at radius 3 is 1.96 bits per heavy atom. The van der Waals surface area contributed by atoms with Crippen molar-refractivity contribution in [2.75, 3.05) is 0 Å². The second-order valence-electron chi connectivity index (χ2n) is 4.81. The Labute approximate surface area is 134 Å². The normalized spacial score (nSPS) is 11.2. The zero-order valence-corrected chi connectivity index (χ0v) is 12.8. The van der Waals surface area contributed by atoms with Crippen molar-refractivity contribution in [3.8, 4) is 22.6 Å². The standard InChI is InChI=1S/C17H13NO4S/c19-23(20,21)17-9-7-16(8-10-17)22-15-5-3-13(4-6-15)14-2-1-11-18-12-14/h1-12H,(H,19,20,21). The van der Waals surface area contributed by atoms with Gasteiger partial charge < -0.3 is 4.74 Å². The number of rotatable bonds is 4. The number of benzene rings is 2. The molecular weight excluding hydrogens is 314 g/mol. The van der Waals surface area contributed by atoms with Gasteiger partial charge in [0, 0.05) is 12.4 Å². The molecule has 0 fully saturated rings. The van der Waals surface area contributed by atoms with Crippen LogP contribution in [0.4, 0.5) is 0 Å². The van der Waals surface area contributed by atoms with E-state index in [0.717, 1.165) is 11.1 Å². The van der Waals surface area contributed by atoms with E-state index in [1.165, 1.54) is 24.3 Å². The first kappa shape index (κ1) is 15.2. The molecule has 0 atom stereocenters. The van der Waals surface area contributed by atoms with Crippen molar-refractivity contribution < 1.29 is 17.7 Å². The molecule has 1 aromatic heterocycles. The lowest BCUT2D eigenvalue weighted by Crippen LogP contribution is -1.97. The summed E-state index contributed by atoms with van der Waals surface area (Å²) in [4.78, 5) is 3.91. The van der Waals surface area contributed by atoms with Crippen LogP contribution in [0.3, 0.4) is 0 Å². The summed E-state index contributed by atoms with van der Waals surface area (Å²) in [7, 11) is -4.19. The summed E-state index contributed by atoms with van der Waals surface area (Å²) in [6.45, 7) is 0. The summed E-state index contributed by atoms with van der Waals surface area (Å²) in [5, 5.41) is 0. The summed E-state index contributed by atoms with van der Waals surface area (Å²) in [6, 6.07) is 16.9. The van der Waals surface area contributed by atoms with Crippen molar-refractivity contribution in [3.63, 3.8) is 0 Å². The Bertz CT molecular complexity index is 890. The van der Waals surface area contributed by atoms with E-state index >= 15 is 0 Å². The number of nitrogens with zero attached hydrogens (tertiary/aromatic N) is 1. The number of hydrogen-bond donors (Lipinski definition) is 1. The van der Waals surface area contributed by atoms with Gasteiger partial charge in [0.15, 0.2) is 0 Å². The first-order valence-electron chi connectivity index (χ1n) is 6.78. The second kappa shape index (κ2) is 6.20. The summed E-state index contributed by atoms with van der Waals surface area (Å²) >= 11 is 0. The Morgan fingerprint density at radius 2 is 1.43 bits per heavy atom. The maximum atomic E-state index is 11.0. The first-order valence-corrected chi connectivity index (χ1v) is 8.22. The van der Waals surface area contributed by atoms with Crippen LogP contribution in [0.5, 0.6) is 11.5 Å². The molecular formula is C17H13NO4S. The molecule has 0 aliphatic heterocycles. The average Bonchev–Trinajstić information content (AvgIpc) is 2.56. The van der Waals surface area contributed by atoms with Crippen LogP contribution in [-0.4, -0.2) is 18.0 Å². The zero-order valence-electron chi connectivity index (χ0n) is 12.0. The first-order chi connectivity index (χ1) is 11.0. The minimum atomic E-state index is -4.19. The highest BCUT2D eigenvalue weighted by atomic mass is 32.2. The van der Waals surface area contributed by atoms with Crippen LogP contribution in [0.1, 0.15) is 0 Å². The predicted molar refractivity (Wildman–Crippen MR) is 86.0 cm³/mol. The fraction of sp³-hybridized carbons (Fsp3) is 0. The summed E-state index contributed by atoms with van der Waals surface area (Å²) in [5.41, 5.74) is 2.03. The summed E-state index contributed by atoms with van der Waals surface area (Å²) in [6.07, 6.45) is 3.50. The number of hydrogen-bond acceptors (Lipinski definition) is 4. The SMILES string of the molecule is O=S(=O)(O)c1ccc(Oc2ccc(-c3cccnc3)cc2)cc1. The minimum absolute atomic E-state index is 0.170. The van der Waals surface area contributed by atoms with Gasteiger partial charge in [-0.25, -0.2) is 0 Å². The van der Waals surface area contributed by atoms with Crippen LogP contribution in [0.2, 0.25) is 0 Å². The van der Waals surface area contributed by atoms with Crippen molar-refractivity contribution >= 4 is 10.1 Å². The molecule has 0 bridgehead atoms. The van der Waals surface area contributed by atoms with E-state index in [1.54, 1.807) is 12.4 Å². The molecule has 2 aromatic carbocycles. The minimum Gasteiger partial charge on any atom is -0.457 e. The molecule has 23 heavy (non-hydrogen) atoms. The molecule has 0 aliphatic rings. The maximum Gasteiger partial charge on any atom is 0.294 e. The highest BCUT2D eigenvalue weighted by Crippen LogP contribution is 2.26. The highest BCUT2D eigenvalue weighted by Gasteiger charge is 2.09. The Morgan fingerprint density at radius 1 is 0.826 bits per heavy atom. The molecule has 3 aromatic rings. The van der Waals surface area contributed by atoms with E-state index in [2.05, 4.69) is 4.98 Å². The van der Waals surface area contributed by atoms with E-state index in [1.807, 2.05) is 36.4 Å². The molecule has 0 spiro atoms. The molecule has 0 saturated heterocycles. The second-order valence-corrected chi connectivity index (χ2v) is 6.24. The van der Waals surface area contributed by atoms with Crippen molar-refractivity contribution in [1.29, 1.82) is 0 Å². The van der Waals surface area contributed by atoms with Gasteiger partial charge in [0.25, 0.3) is 10.1 Å². The fourth-order valence-corrected chi connectivity index (χ4v) is 2.54. The van der Waals surface area contributed by atoms with E-state index in [0.29, 0.717) is 11.5 Å². The quantitative estimate of drug-likeness (QED) is 0.738. The highest BCUT2D eigenvalue weighted by molar-refractivity contribution is 7.85. The van der Waals surface area contributed by atoms with Crippen LogP contribution in [0.15, 0.2) is 78.0 Å². The van der Waals surface area contributed by atoms with Gasteiger partial charge in [-0.2, -0.15) is 8.42 Å². The summed E-state index contributed by atoms with van der Waals surface area (Å²) < 4.78 is 36.5. The largest absolute Gasteiger partial charge is 0.457 e. The Hall–Kier alpha value is -2.70. The molecule has 3 rings (SSSR count). The van der Waals surface area contributed by atoms with Gasteiger partial charge in [0.2, 0.25) is 0 Å². The van der Waals surface area contributed by atoms with Crippen molar-refractivity contribution in [1.82, 2.24) is 4.98 Å². The van der Waals surface area contributed by atoms with Crippen molar-refractivity contribution in [2.45, 2.75) is 4.90 Å². The van der Waals surface area contributed by atoms with Crippen LogP contribution in [0.25, 0.3) is 11.1 Å². The molecule has 0 saturated carbocycles. The Kier molecular flexibility index (Phi) is 4.10. The lowest BCUT2D eigenvalue weighted by atomic mass is 10.1. The van der Waals surface area contributed by atoms with Gasteiger partial charge >= 0.3 is 0 Å². The molecule has 1 heterocycles. The van der Waals surface area contributed by atoms with E-state index in [9.17, 15) is 8.42 Å². The zero-order chi connectivity index (χ0) is 16.3. The molecule has 0 unspecified atom stereocenters. The topological polar surface area (TPSA) is 76.5 Å². The van der Waals surface area contributed by atoms with Gasteiger partial charge in [0.05, 0.1) is 4.90 Å². The van der Waals surface area contributed by atoms with Gasteiger partial charge in [-0.05, 0) is 53.6 Å². The van der Waals surface area contributed by atoms with Gasteiger partial charge in [-0.1, -0.05) is 18.2 Å². The number of pyridine rings is 1. The number of ether oxygens (including phenoxy) is 1. The maximum absolute atomic E-state index is 11.0. The third-order valence-corrected chi connectivity index (χ3v) is 4.07. The molecule has 0 aliphatic carbocycles. The molecule has 1 N–H and O–H groups in total. The van der Waals surface area contributed by atoms with Gasteiger partial charge in [-0.3, -0.25) is 9.54 Å². The van der Waals surface area contributed by atoms with E-state index in [-0.39, 0.29) is 4.90 Å². The summed E-state index contributed by atoms with van der Waals surface area (Å²) in [5.74, 6) is 1.10. The van der Waals surface area contributed by atoms with Gasteiger partial charge in [-0.15, -0.1) is 0 Å². The van der Waals surface area contributed by atoms with Crippen LogP contribution < -0.4 is 4.74 Å². The van der Waals surface area contributed by atoms with Crippen LogP contribution >= 0.6 is 0 Å². The molecule has 5 nitrogen and oxygen atoms in total. The molecule has 0 amide bonds. The smallest absolute Gasteiger partial charge is 0.294 e. The van der Waals surface area contributed by atoms with Crippen molar-refractivity contribution in [2.24, 2.45) is 0 Å².